The van der Waals surface area contributed by atoms with Crippen LogP contribution in [-0.4, -0.2) is 67.3 Å². The van der Waals surface area contributed by atoms with Gasteiger partial charge < -0.3 is 24.1 Å². The lowest BCUT2D eigenvalue weighted by Gasteiger charge is -2.33. The number of aliphatic carboxylic acids is 1. The normalized spacial score (nSPS) is 21.7. The maximum atomic E-state index is 11.9. The Morgan fingerprint density at radius 1 is 1.28 bits per heavy atom. The molecule has 25 heavy (non-hydrogen) atoms. The smallest absolute Gasteiger partial charge is 0.317 e. The molecule has 2 aliphatic heterocycles. The van der Waals surface area contributed by atoms with Crippen molar-refractivity contribution in [2.24, 2.45) is 5.92 Å². The lowest BCUT2D eigenvalue weighted by molar-refractivity contribution is -0.184. The Morgan fingerprint density at radius 3 is 2.44 bits per heavy atom. The fourth-order valence-corrected chi connectivity index (χ4v) is 3.34. The first kappa shape index (κ1) is 18.0. The molecule has 2 atom stereocenters. The number of benzene rings is 1. The van der Waals surface area contributed by atoms with E-state index in [-0.39, 0.29) is 0 Å². The Balaban J connectivity index is 1.60. The van der Waals surface area contributed by atoms with Gasteiger partial charge in [0.05, 0.1) is 25.9 Å². The summed E-state index contributed by atoms with van der Waals surface area (Å²) < 4.78 is 22.8. The predicted molar refractivity (Wildman–Crippen MR) is 89.9 cm³/mol. The number of rotatable bonds is 7. The maximum Gasteiger partial charge on any atom is 0.317 e. The molecule has 0 aliphatic carbocycles. The summed E-state index contributed by atoms with van der Waals surface area (Å²) in [5.41, 5.74) is 0. The zero-order valence-corrected chi connectivity index (χ0v) is 14.6. The molecule has 0 spiro atoms. The predicted octanol–water partition coefficient (Wildman–Crippen LogP) is 1.61. The van der Waals surface area contributed by atoms with Crippen molar-refractivity contribution >= 4 is 5.97 Å². The molecule has 0 radical (unpaired) electrons. The molecule has 1 N–H and O–H groups in total. The highest BCUT2D eigenvalue weighted by molar-refractivity contribution is 5.72. The van der Waals surface area contributed by atoms with Crippen LogP contribution in [0.25, 0.3) is 0 Å². The summed E-state index contributed by atoms with van der Waals surface area (Å²) in [5, 5.41) is 9.73. The quantitative estimate of drug-likeness (QED) is 0.800. The summed E-state index contributed by atoms with van der Waals surface area (Å²) in [6.07, 6.45) is -0.558. The van der Waals surface area contributed by atoms with Crippen molar-refractivity contribution in [2.45, 2.75) is 25.7 Å². The van der Waals surface area contributed by atoms with Crippen molar-refractivity contribution in [1.29, 1.82) is 0 Å². The maximum absolute atomic E-state index is 11.9. The first-order chi connectivity index (χ1) is 12.0. The molecule has 7 heteroatoms. The molecule has 138 valence electrons. The number of hydrogen-bond acceptors (Lipinski definition) is 6. The van der Waals surface area contributed by atoms with Crippen molar-refractivity contribution in [3.63, 3.8) is 0 Å². The molecule has 0 bridgehead atoms. The Labute approximate surface area is 147 Å². The molecule has 0 amide bonds. The molecule has 1 aromatic carbocycles. The summed E-state index contributed by atoms with van der Waals surface area (Å²) in [5.74, 6) is -2.15. The Hall–Kier alpha value is -1.83. The number of fused-ring (bicyclic) bond motifs is 1. The van der Waals surface area contributed by atoms with Gasteiger partial charge in [-0.3, -0.25) is 9.69 Å². The SMILES string of the molecule is CC(OCCN1CCOCC1)C(C(=O)O)C1(C)Oc2ccccc2O1. The fraction of sp³-hybridized carbons (Fsp3) is 0.611. The second kappa shape index (κ2) is 7.59. The van der Waals surface area contributed by atoms with Gasteiger partial charge in [0.25, 0.3) is 5.79 Å². The van der Waals surface area contributed by atoms with Crippen molar-refractivity contribution in [2.75, 3.05) is 39.5 Å². The molecule has 3 rings (SSSR count). The number of hydrogen-bond donors (Lipinski definition) is 1. The monoisotopic (exact) mass is 351 g/mol. The van der Waals surface area contributed by atoms with Gasteiger partial charge >= 0.3 is 5.97 Å². The van der Waals surface area contributed by atoms with Crippen molar-refractivity contribution < 1.29 is 28.8 Å². The van der Waals surface area contributed by atoms with E-state index in [2.05, 4.69) is 4.90 Å². The van der Waals surface area contributed by atoms with Crippen molar-refractivity contribution in [3.8, 4) is 11.5 Å². The number of ether oxygens (including phenoxy) is 4. The fourth-order valence-electron chi connectivity index (χ4n) is 3.34. The second-order valence-corrected chi connectivity index (χ2v) is 6.51. The van der Waals surface area contributed by atoms with Gasteiger partial charge in [-0.2, -0.15) is 0 Å². The summed E-state index contributed by atoms with van der Waals surface area (Å²) in [6.45, 7) is 7.80. The van der Waals surface area contributed by atoms with Gasteiger partial charge in [-0.25, -0.2) is 0 Å². The topological polar surface area (TPSA) is 77.5 Å². The van der Waals surface area contributed by atoms with Crippen LogP contribution in [0.15, 0.2) is 24.3 Å². The van der Waals surface area contributed by atoms with Gasteiger partial charge in [0.15, 0.2) is 17.4 Å². The zero-order valence-electron chi connectivity index (χ0n) is 14.6. The van der Waals surface area contributed by atoms with Crippen LogP contribution < -0.4 is 9.47 Å². The van der Waals surface area contributed by atoms with Crippen LogP contribution in [0.4, 0.5) is 0 Å². The minimum absolute atomic E-state index is 0.452. The molecule has 2 unspecified atom stereocenters. The summed E-state index contributed by atoms with van der Waals surface area (Å²) in [6, 6.07) is 7.19. The zero-order chi connectivity index (χ0) is 17.9. The average molecular weight is 351 g/mol. The van der Waals surface area contributed by atoms with Crippen LogP contribution in [0.2, 0.25) is 0 Å². The first-order valence-electron chi connectivity index (χ1n) is 8.61. The van der Waals surface area contributed by atoms with E-state index in [0.29, 0.717) is 18.1 Å². The number of carbonyl (C=O) groups is 1. The van der Waals surface area contributed by atoms with Crippen LogP contribution in [0, 0.1) is 5.92 Å². The highest BCUT2D eigenvalue weighted by atomic mass is 16.7. The lowest BCUT2D eigenvalue weighted by atomic mass is 9.94. The summed E-state index contributed by atoms with van der Waals surface area (Å²) in [4.78, 5) is 14.1. The first-order valence-corrected chi connectivity index (χ1v) is 8.61. The van der Waals surface area contributed by atoms with Gasteiger partial charge in [0, 0.05) is 26.6 Å². The van der Waals surface area contributed by atoms with Gasteiger partial charge in [0.1, 0.15) is 0 Å². The molecular formula is C18H25NO6. The molecule has 2 heterocycles. The Morgan fingerprint density at radius 2 is 1.88 bits per heavy atom. The third-order valence-electron chi connectivity index (χ3n) is 4.67. The van der Waals surface area contributed by atoms with E-state index < -0.39 is 23.8 Å². The number of nitrogens with zero attached hydrogens (tertiary/aromatic N) is 1. The summed E-state index contributed by atoms with van der Waals surface area (Å²) >= 11 is 0. The van der Waals surface area contributed by atoms with E-state index in [1.165, 1.54) is 0 Å². The van der Waals surface area contributed by atoms with E-state index in [0.717, 1.165) is 32.8 Å². The number of para-hydroxylation sites is 2. The third kappa shape index (κ3) is 4.05. The van der Waals surface area contributed by atoms with Crippen LogP contribution in [-0.2, 0) is 14.3 Å². The van der Waals surface area contributed by atoms with E-state index in [1.807, 2.05) is 12.1 Å². The van der Waals surface area contributed by atoms with E-state index in [4.69, 9.17) is 18.9 Å². The van der Waals surface area contributed by atoms with Crippen LogP contribution >= 0.6 is 0 Å². The molecule has 7 nitrogen and oxygen atoms in total. The summed E-state index contributed by atoms with van der Waals surface area (Å²) in [7, 11) is 0. The Bertz CT molecular complexity index is 576. The largest absolute Gasteiger partial charge is 0.481 e. The van der Waals surface area contributed by atoms with Crippen LogP contribution in [0.3, 0.4) is 0 Å². The Kier molecular flexibility index (Phi) is 5.46. The van der Waals surface area contributed by atoms with Crippen LogP contribution in [0.1, 0.15) is 13.8 Å². The van der Waals surface area contributed by atoms with E-state index in [1.54, 1.807) is 26.0 Å². The molecule has 1 saturated heterocycles. The molecule has 1 fully saturated rings. The highest BCUT2D eigenvalue weighted by Gasteiger charge is 2.51. The molecule has 2 aliphatic rings. The third-order valence-corrected chi connectivity index (χ3v) is 4.67. The van der Waals surface area contributed by atoms with Gasteiger partial charge in [-0.15, -0.1) is 0 Å². The van der Waals surface area contributed by atoms with Gasteiger partial charge in [-0.1, -0.05) is 12.1 Å². The average Bonchev–Trinajstić information content (AvgIpc) is 2.91. The van der Waals surface area contributed by atoms with Crippen molar-refractivity contribution in [1.82, 2.24) is 4.90 Å². The minimum Gasteiger partial charge on any atom is -0.481 e. The number of morpholine rings is 1. The highest BCUT2D eigenvalue weighted by Crippen LogP contribution is 2.43. The van der Waals surface area contributed by atoms with Gasteiger partial charge in [0.2, 0.25) is 0 Å². The molecule has 0 aromatic heterocycles. The number of carboxylic acids is 1. The van der Waals surface area contributed by atoms with Crippen molar-refractivity contribution in [3.05, 3.63) is 24.3 Å². The lowest BCUT2D eigenvalue weighted by Crippen LogP contribution is -2.52. The van der Waals surface area contributed by atoms with E-state index >= 15 is 0 Å². The standard InChI is InChI=1S/C18H25NO6/c1-13(23-12-9-19-7-10-22-11-8-19)16(17(20)21)18(2)24-14-5-3-4-6-15(14)25-18/h3-6,13,16H,7-12H2,1-2H3,(H,20,21). The molecule has 1 aromatic rings. The number of carboxylic acid groups (broad SMARTS) is 1. The van der Waals surface area contributed by atoms with Crippen LogP contribution in [0.5, 0.6) is 11.5 Å². The molecule has 0 saturated carbocycles. The minimum atomic E-state index is -1.30. The van der Waals surface area contributed by atoms with Gasteiger partial charge in [-0.05, 0) is 19.1 Å². The van der Waals surface area contributed by atoms with E-state index in [9.17, 15) is 9.90 Å². The second-order valence-electron chi connectivity index (χ2n) is 6.51. The molecular weight excluding hydrogens is 326 g/mol.